The number of ketones is 1. The number of hydrogen-bond donors (Lipinski definition) is 0. The summed E-state index contributed by atoms with van der Waals surface area (Å²) in [6.07, 6.45) is 2.02. The van der Waals surface area contributed by atoms with E-state index in [0.29, 0.717) is 0 Å². The molecule has 2 nitrogen and oxygen atoms in total. The normalized spacial score (nSPS) is 12.4. The number of rotatable bonds is 1. The molecule has 1 heterocycles. The van der Waals surface area contributed by atoms with Crippen LogP contribution >= 0.6 is 0 Å². The van der Waals surface area contributed by atoms with Crippen molar-refractivity contribution in [2.24, 2.45) is 0 Å². The molecule has 0 fully saturated rings. The lowest BCUT2D eigenvalue weighted by atomic mass is 10.1. The third-order valence-electron chi connectivity index (χ3n) is 3.08. The fourth-order valence-corrected chi connectivity index (χ4v) is 2.33. The van der Waals surface area contributed by atoms with E-state index in [1.807, 2.05) is 42.6 Å². The van der Waals surface area contributed by atoms with Crippen molar-refractivity contribution in [1.82, 2.24) is 0 Å². The van der Waals surface area contributed by atoms with E-state index in [4.69, 9.17) is 0 Å². The molecule has 16 heavy (non-hydrogen) atoms. The highest BCUT2D eigenvalue weighted by molar-refractivity contribution is 6.20. The molecule has 1 aromatic heterocycles. The number of fused-ring (bicyclic) bond motifs is 3. The molecule has 0 unspecified atom stereocenters. The summed E-state index contributed by atoms with van der Waals surface area (Å²) in [5.41, 5.74) is 3.77. The van der Waals surface area contributed by atoms with Crippen LogP contribution in [0.5, 0.6) is 0 Å². The Hall–Kier alpha value is -1.96. The highest BCUT2D eigenvalue weighted by atomic mass is 16.1. The van der Waals surface area contributed by atoms with Crippen LogP contribution in [-0.4, -0.2) is 5.78 Å². The van der Waals surface area contributed by atoms with E-state index >= 15 is 0 Å². The van der Waals surface area contributed by atoms with Crippen LogP contribution in [0.25, 0.3) is 11.3 Å². The van der Waals surface area contributed by atoms with E-state index in [9.17, 15) is 4.79 Å². The summed E-state index contributed by atoms with van der Waals surface area (Å²) in [5, 5.41) is 0. The number of carbonyl (C=O) groups excluding carboxylic acids is 1. The minimum absolute atomic E-state index is 0.147. The molecule has 2 aromatic rings. The molecule has 0 spiro atoms. The zero-order chi connectivity index (χ0) is 11.1. The molecular formula is C14H12NO+. The Bertz CT molecular complexity index is 587. The Morgan fingerprint density at radius 1 is 1.00 bits per heavy atom. The van der Waals surface area contributed by atoms with Gasteiger partial charge in [0.25, 0.3) is 0 Å². The first-order valence-electron chi connectivity index (χ1n) is 5.49. The standard InChI is InChI=1S/C14H12NO/c1-2-15-9-5-8-12-13(15)10-6-3-4-7-11(10)14(12)16/h3-9H,2H2,1H3/q+1. The van der Waals surface area contributed by atoms with Gasteiger partial charge in [-0.1, -0.05) is 18.2 Å². The van der Waals surface area contributed by atoms with Gasteiger partial charge in [0.15, 0.2) is 6.20 Å². The quantitative estimate of drug-likeness (QED) is 0.564. The highest BCUT2D eigenvalue weighted by Crippen LogP contribution is 2.33. The summed E-state index contributed by atoms with van der Waals surface area (Å²) in [6, 6.07) is 11.7. The van der Waals surface area contributed by atoms with Gasteiger partial charge in [-0.2, -0.15) is 4.57 Å². The van der Waals surface area contributed by atoms with E-state index in [2.05, 4.69) is 11.5 Å². The second kappa shape index (κ2) is 3.27. The minimum atomic E-state index is 0.147. The Morgan fingerprint density at radius 2 is 1.69 bits per heavy atom. The average molecular weight is 210 g/mol. The van der Waals surface area contributed by atoms with Crippen LogP contribution in [0.3, 0.4) is 0 Å². The third kappa shape index (κ3) is 1.07. The van der Waals surface area contributed by atoms with Crippen LogP contribution in [-0.2, 0) is 6.54 Å². The van der Waals surface area contributed by atoms with Gasteiger partial charge < -0.3 is 0 Å². The van der Waals surface area contributed by atoms with E-state index in [-0.39, 0.29) is 5.78 Å². The first-order valence-corrected chi connectivity index (χ1v) is 5.49. The molecular weight excluding hydrogens is 198 g/mol. The SMILES string of the molecule is CC[n+]1cccc2c1-c1ccccc1C2=O. The number of aryl methyl sites for hydroxylation is 1. The van der Waals surface area contributed by atoms with E-state index in [1.54, 1.807) is 0 Å². The predicted octanol–water partition coefficient (Wildman–Crippen LogP) is 2.21. The highest BCUT2D eigenvalue weighted by Gasteiger charge is 2.33. The molecule has 0 atom stereocenters. The fraction of sp³-hybridized carbons (Fsp3) is 0.143. The van der Waals surface area contributed by atoms with Crippen molar-refractivity contribution in [3.63, 3.8) is 0 Å². The molecule has 0 amide bonds. The second-order valence-electron chi connectivity index (χ2n) is 3.93. The largest absolute Gasteiger partial charge is 0.288 e. The average Bonchev–Trinajstić information content (AvgIpc) is 2.64. The Labute approximate surface area is 94.2 Å². The lowest BCUT2D eigenvalue weighted by Crippen LogP contribution is -2.34. The molecule has 0 saturated heterocycles. The molecule has 0 radical (unpaired) electrons. The number of benzene rings is 1. The zero-order valence-electron chi connectivity index (χ0n) is 9.10. The second-order valence-corrected chi connectivity index (χ2v) is 3.93. The maximum atomic E-state index is 12.1. The van der Waals surface area contributed by atoms with E-state index < -0.39 is 0 Å². The van der Waals surface area contributed by atoms with Gasteiger partial charge in [0, 0.05) is 11.6 Å². The van der Waals surface area contributed by atoms with Gasteiger partial charge in [0.2, 0.25) is 11.5 Å². The van der Waals surface area contributed by atoms with Crippen molar-refractivity contribution in [1.29, 1.82) is 0 Å². The molecule has 1 aliphatic rings. The minimum Gasteiger partial charge on any atom is -0.288 e. The molecule has 3 rings (SSSR count). The third-order valence-corrected chi connectivity index (χ3v) is 3.08. The molecule has 0 saturated carbocycles. The van der Waals surface area contributed by atoms with Crippen molar-refractivity contribution in [3.05, 3.63) is 53.7 Å². The smallest absolute Gasteiger partial charge is 0.224 e. The van der Waals surface area contributed by atoms with Crippen molar-refractivity contribution in [2.75, 3.05) is 0 Å². The zero-order valence-corrected chi connectivity index (χ0v) is 9.10. The molecule has 78 valence electrons. The van der Waals surface area contributed by atoms with Gasteiger partial charge in [0.1, 0.15) is 6.54 Å². The van der Waals surface area contributed by atoms with Crippen LogP contribution in [0.4, 0.5) is 0 Å². The lowest BCUT2D eigenvalue weighted by molar-refractivity contribution is -0.682. The summed E-state index contributed by atoms with van der Waals surface area (Å²) >= 11 is 0. The van der Waals surface area contributed by atoms with E-state index in [0.717, 1.165) is 28.9 Å². The fourth-order valence-electron chi connectivity index (χ4n) is 2.33. The maximum Gasteiger partial charge on any atom is 0.224 e. The molecule has 1 aromatic carbocycles. The Balaban J connectivity index is 2.39. The van der Waals surface area contributed by atoms with Crippen molar-refractivity contribution in [3.8, 4) is 11.3 Å². The number of nitrogens with zero attached hydrogens (tertiary/aromatic N) is 1. The van der Waals surface area contributed by atoms with Crippen LogP contribution in [0.1, 0.15) is 22.8 Å². The Kier molecular flexibility index (Phi) is 1.90. The topological polar surface area (TPSA) is 20.9 Å². The van der Waals surface area contributed by atoms with Crippen molar-refractivity contribution >= 4 is 5.78 Å². The molecule has 0 bridgehead atoms. The molecule has 0 N–H and O–H groups in total. The van der Waals surface area contributed by atoms with Crippen LogP contribution in [0, 0.1) is 0 Å². The number of carbonyl (C=O) groups is 1. The monoisotopic (exact) mass is 210 g/mol. The van der Waals surface area contributed by atoms with E-state index in [1.165, 1.54) is 0 Å². The van der Waals surface area contributed by atoms with Crippen LogP contribution in [0.2, 0.25) is 0 Å². The van der Waals surface area contributed by atoms with Gasteiger partial charge in [-0.25, -0.2) is 0 Å². The summed E-state index contributed by atoms with van der Waals surface area (Å²) in [4.78, 5) is 12.1. The molecule has 0 aliphatic heterocycles. The summed E-state index contributed by atoms with van der Waals surface area (Å²) in [7, 11) is 0. The van der Waals surface area contributed by atoms with Gasteiger partial charge >= 0.3 is 0 Å². The van der Waals surface area contributed by atoms with Crippen LogP contribution in [0.15, 0.2) is 42.6 Å². The lowest BCUT2D eigenvalue weighted by Gasteiger charge is -1.99. The van der Waals surface area contributed by atoms with Gasteiger partial charge in [-0.3, -0.25) is 4.79 Å². The number of pyridine rings is 1. The van der Waals surface area contributed by atoms with Gasteiger partial charge in [-0.15, -0.1) is 0 Å². The first-order chi connectivity index (χ1) is 7.83. The van der Waals surface area contributed by atoms with Crippen LogP contribution < -0.4 is 4.57 Å². The first kappa shape index (κ1) is 9.28. The maximum absolute atomic E-state index is 12.1. The summed E-state index contributed by atoms with van der Waals surface area (Å²) in [6.45, 7) is 2.97. The predicted molar refractivity (Wildman–Crippen MR) is 61.2 cm³/mol. The number of hydrogen-bond acceptors (Lipinski definition) is 1. The van der Waals surface area contributed by atoms with Crippen molar-refractivity contribution < 1.29 is 9.36 Å². The molecule has 2 heteroatoms. The van der Waals surface area contributed by atoms with Gasteiger partial charge in [0.05, 0.1) is 11.1 Å². The number of aromatic nitrogens is 1. The van der Waals surface area contributed by atoms with Crippen molar-refractivity contribution in [2.45, 2.75) is 13.5 Å². The van der Waals surface area contributed by atoms with Gasteiger partial charge in [-0.05, 0) is 19.1 Å². The summed E-state index contributed by atoms with van der Waals surface area (Å²) < 4.78 is 2.12. The molecule has 1 aliphatic carbocycles. The summed E-state index contributed by atoms with van der Waals surface area (Å²) in [5.74, 6) is 0.147. The Morgan fingerprint density at radius 3 is 2.44 bits per heavy atom.